The van der Waals surface area contributed by atoms with E-state index in [9.17, 15) is 13.6 Å². The number of hydrogen-bond donors (Lipinski definition) is 0. The fraction of sp³-hybridized carbons (Fsp3) is 0.133. The average Bonchev–Trinajstić information content (AvgIpc) is 2.47. The molecule has 2 aromatic carbocycles. The molecule has 0 N–H and O–H groups in total. The third kappa shape index (κ3) is 3.58. The summed E-state index contributed by atoms with van der Waals surface area (Å²) in [4.78, 5) is 11.9. The van der Waals surface area contributed by atoms with Gasteiger partial charge in [0.1, 0.15) is 11.6 Å². The number of para-hydroxylation sites is 1. The van der Waals surface area contributed by atoms with Crippen molar-refractivity contribution in [2.45, 2.75) is 0 Å². The van der Waals surface area contributed by atoms with Crippen LogP contribution in [0.4, 0.5) is 8.78 Å². The Hall–Kier alpha value is -1.95. The number of ether oxygens (including phenoxy) is 2. The molecule has 6 heteroatoms. The molecule has 0 radical (unpaired) electrons. The Labute approximate surface area is 128 Å². The predicted molar refractivity (Wildman–Crippen MR) is 76.9 cm³/mol. The van der Waals surface area contributed by atoms with Gasteiger partial charge in [-0.15, -0.1) is 0 Å². The van der Waals surface area contributed by atoms with Gasteiger partial charge in [-0.2, -0.15) is 0 Å². The van der Waals surface area contributed by atoms with Crippen LogP contribution in [0.5, 0.6) is 11.5 Å². The molecule has 0 heterocycles. The van der Waals surface area contributed by atoms with E-state index in [1.165, 1.54) is 7.11 Å². The van der Waals surface area contributed by atoms with E-state index in [2.05, 4.69) is 15.9 Å². The van der Waals surface area contributed by atoms with E-state index in [-0.39, 0.29) is 5.56 Å². The molecule has 0 aliphatic heterocycles. The molecule has 0 aliphatic carbocycles. The molecule has 2 aromatic rings. The Morgan fingerprint density at radius 1 is 1.24 bits per heavy atom. The Bertz CT molecular complexity index is 674. The van der Waals surface area contributed by atoms with Gasteiger partial charge in [0, 0.05) is 0 Å². The van der Waals surface area contributed by atoms with Gasteiger partial charge in [0.05, 0.1) is 17.1 Å². The number of carbonyl (C=O) groups excluding carboxylic acids is 1. The van der Waals surface area contributed by atoms with Crippen LogP contribution in [0.25, 0.3) is 0 Å². The first-order valence-electron chi connectivity index (χ1n) is 5.96. The van der Waals surface area contributed by atoms with Crippen molar-refractivity contribution in [2.24, 2.45) is 0 Å². The Morgan fingerprint density at radius 2 is 2.00 bits per heavy atom. The molecule has 0 aliphatic rings. The largest absolute Gasteiger partial charge is 0.493 e. The summed E-state index contributed by atoms with van der Waals surface area (Å²) in [6.07, 6.45) is 0. The number of ketones is 1. The van der Waals surface area contributed by atoms with Crippen LogP contribution in [0.2, 0.25) is 0 Å². The van der Waals surface area contributed by atoms with E-state index in [1.807, 2.05) is 0 Å². The van der Waals surface area contributed by atoms with Gasteiger partial charge in [-0.25, -0.2) is 8.78 Å². The molecule has 0 amide bonds. The molecule has 3 nitrogen and oxygen atoms in total. The van der Waals surface area contributed by atoms with Crippen LogP contribution in [0.3, 0.4) is 0 Å². The van der Waals surface area contributed by atoms with E-state index in [0.717, 1.165) is 18.2 Å². The number of methoxy groups -OCH3 is 1. The molecular formula is C15H11BrF2O3. The fourth-order valence-corrected chi connectivity index (χ4v) is 2.18. The number of carbonyl (C=O) groups is 1. The lowest BCUT2D eigenvalue weighted by Crippen LogP contribution is -2.14. The molecule has 0 unspecified atom stereocenters. The monoisotopic (exact) mass is 356 g/mol. The summed E-state index contributed by atoms with van der Waals surface area (Å²) in [5.41, 5.74) is -0.346. The number of benzene rings is 2. The molecule has 21 heavy (non-hydrogen) atoms. The van der Waals surface area contributed by atoms with E-state index in [4.69, 9.17) is 9.47 Å². The number of halogens is 3. The molecule has 0 saturated heterocycles. The molecule has 0 aromatic heterocycles. The highest BCUT2D eigenvalue weighted by molar-refractivity contribution is 9.10. The number of hydrogen-bond acceptors (Lipinski definition) is 3. The molecule has 0 saturated carbocycles. The number of rotatable bonds is 5. The summed E-state index contributed by atoms with van der Waals surface area (Å²) in [6.45, 7) is -0.431. The summed E-state index contributed by atoms with van der Waals surface area (Å²) in [5.74, 6) is -1.38. The molecule has 0 bridgehead atoms. The van der Waals surface area contributed by atoms with Crippen molar-refractivity contribution in [3.05, 3.63) is 58.1 Å². The van der Waals surface area contributed by atoms with E-state index in [0.29, 0.717) is 16.0 Å². The lowest BCUT2D eigenvalue weighted by Gasteiger charge is -2.12. The first-order valence-corrected chi connectivity index (χ1v) is 6.75. The lowest BCUT2D eigenvalue weighted by atomic mass is 10.1. The normalized spacial score (nSPS) is 10.3. The third-order valence-corrected chi connectivity index (χ3v) is 3.35. The van der Waals surface area contributed by atoms with Crippen LogP contribution < -0.4 is 9.47 Å². The minimum absolute atomic E-state index is 0.324. The highest BCUT2D eigenvalue weighted by Gasteiger charge is 2.16. The van der Waals surface area contributed by atoms with Crippen LogP contribution in [0, 0.1) is 11.6 Å². The smallest absolute Gasteiger partial charge is 0.203 e. The third-order valence-electron chi connectivity index (χ3n) is 2.73. The van der Waals surface area contributed by atoms with Gasteiger partial charge in [0.15, 0.2) is 18.1 Å². The SMILES string of the molecule is COc1cccc(Br)c1OCC(=O)c1cc(F)ccc1F. The van der Waals surface area contributed by atoms with Gasteiger partial charge in [-0.3, -0.25) is 4.79 Å². The predicted octanol–water partition coefficient (Wildman–Crippen LogP) is 4.00. The maximum atomic E-state index is 13.5. The number of Topliss-reactive ketones (excluding diaryl/α,β-unsaturated/α-hetero) is 1. The first kappa shape index (κ1) is 15.4. The standard InChI is InChI=1S/C15H11BrF2O3/c1-20-14-4-2-3-11(16)15(14)21-8-13(19)10-7-9(17)5-6-12(10)18/h2-7H,8H2,1H3. The van der Waals surface area contributed by atoms with Crippen LogP contribution in [0.15, 0.2) is 40.9 Å². The van der Waals surface area contributed by atoms with Crippen molar-refractivity contribution < 1.29 is 23.0 Å². The van der Waals surface area contributed by atoms with Crippen LogP contribution >= 0.6 is 15.9 Å². The van der Waals surface area contributed by atoms with E-state index < -0.39 is 24.0 Å². The second-order valence-corrected chi connectivity index (χ2v) is 4.96. The Balaban J connectivity index is 2.17. The lowest BCUT2D eigenvalue weighted by molar-refractivity contribution is 0.0914. The highest BCUT2D eigenvalue weighted by atomic mass is 79.9. The zero-order valence-corrected chi connectivity index (χ0v) is 12.6. The molecular weight excluding hydrogens is 346 g/mol. The van der Waals surface area contributed by atoms with Gasteiger partial charge < -0.3 is 9.47 Å². The highest BCUT2D eigenvalue weighted by Crippen LogP contribution is 2.34. The van der Waals surface area contributed by atoms with E-state index in [1.54, 1.807) is 18.2 Å². The second kappa shape index (κ2) is 6.67. The maximum Gasteiger partial charge on any atom is 0.203 e. The summed E-state index contributed by atoms with van der Waals surface area (Å²) in [5, 5.41) is 0. The van der Waals surface area contributed by atoms with Crippen molar-refractivity contribution in [1.82, 2.24) is 0 Å². The van der Waals surface area contributed by atoms with Gasteiger partial charge >= 0.3 is 0 Å². The average molecular weight is 357 g/mol. The van der Waals surface area contributed by atoms with Crippen LogP contribution in [-0.4, -0.2) is 19.5 Å². The minimum atomic E-state index is -0.788. The fourth-order valence-electron chi connectivity index (χ4n) is 1.72. The van der Waals surface area contributed by atoms with Crippen LogP contribution in [-0.2, 0) is 0 Å². The Morgan fingerprint density at radius 3 is 2.71 bits per heavy atom. The summed E-state index contributed by atoms with van der Waals surface area (Å²) >= 11 is 3.27. The molecule has 2 rings (SSSR count). The summed E-state index contributed by atoms with van der Waals surface area (Å²) < 4.78 is 37.6. The second-order valence-electron chi connectivity index (χ2n) is 4.11. The van der Waals surface area contributed by atoms with Gasteiger partial charge in [0.25, 0.3) is 0 Å². The summed E-state index contributed by atoms with van der Waals surface area (Å²) in [6, 6.07) is 7.81. The van der Waals surface area contributed by atoms with E-state index >= 15 is 0 Å². The zero-order valence-electron chi connectivity index (χ0n) is 11.0. The van der Waals surface area contributed by atoms with Crippen molar-refractivity contribution >= 4 is 21.7 Å². The molecule has 110 valence electrons. The van der Waals surface area contributed by atoms with Crippen LogP contribution in [0.1, 0.15) is 10.4 Å². The topological polar surface area (TPSA) is 35.5 Å². The van der Waals surface area contributed by atoms with Gasteiger partial charge in [-0.1, -0.05) is 6.07 Å². The first-order chi connectivity index (χ1) is 10.0. The molecule has 0 fully saturated rings. The van der Waals surface area contributed by atoms with Crippen molar-refractivity contribution in [3.8, 4) is 11.5 Å². The Kier molecular flexibility index (Phi) is 4.90. The zero-order chi connectivity index (χ0) is 15.4. The minimum Gasteiger partial charge on any atom is -0.493 e. The van der Waals surface area contributed by atoms with Gasteiger partial charge in [0.2, 0.25) is 5.78 Å². The maximum absolute atomic E-state index is 13.5. The quantitative estimate of drug-likeness (QED) is 0.759. The summed E-state index contributed by atoms with van der Waals surface area (Å²) in [7, 11) is 1.46. The van der Waals surface area contributed by atoms with Crippen molar-refractivity contribution in [3.63, 3.8) is 0 Å². The van der Waals surface area contributed by atoms with Gasteiger partial charge in [-0.05, 0) is 46.3 Å². The molecule has 0 atom stereocenters. The van der Waals surface area contributed by atoms with Crippen molar-refractivity contribution in [2.75, 3.05) is 13.7 Å². The van der Waals surface area contributed by atoms with Crippen molar-refractivity contribution in [1.29, 1.82) is 0 Å². The molecule has 0 spiro atoms.